The molecule has 0 aliphatic carbocycles. The van der Waals surface area contributed by atoms with Crippen molar-refractivity contribution in [2.45, 2.75) is 6.92 Å². The summed E-state index contributed by atoms with van der Waals surface area (Å²) in [6, 6.07) is 11.3. The molecule has 6 heteroatoms. The van der Waals surface area contributed by atoms with Gasteiger partial charge in [0.2, 0.25) is 0 Å². The summed E-state index contributed by atoms with van der Waals surface area (Å²) in [5.41, 5.74) is 3.15. The number of anilines is 1. The van der Waals surface area contributed by atoms with Crippen LogP contribution in [0.2, 0.25) is 0 Å². The van der Waals surface area contributed by atoms with E-state index in [4.69, 9.17) is 0 Å². The van der Waals surface area contributed by atoms with E-state index in [1.807, 2.05) is 43.3 Å². The number of hydrogen-bond acceptors (Lipinski definition) is 2. The number of halogens is 2. The number of aryl methyl sites for hydroxylation is 1. The van der Waals surface area contributed by atoms with Gasteiger partial charge in [0, 0.05) is 13.7 Å². The lowest BCUT2D eigenvalue weighted by atomic mass is 10.2. The molecule has 0 unspecified atom stereocenters. The molecule has 0 saturated heterocycles. The maximum atomic E-state index is 12.4. The van der Waals surface area contributed by atoms with Gasteiger partial charge in [-0.3, -0.25) is 4.79 Å². The molecular weight excluding hydrogens is 445 g/mol. The van der Waals surface area contributed by atoms with Gasteiger partial charge in [0.25, 0.3) is 5.91 Å². The number of hydrogen-bond donors (Lipinski definition) is 2. The number of amides is 1. The minimum Gasteiger partial charge on any atom is -0.342 e. The Morgan fingerprint density at radius 3 is 2.90 bits per heavy atom. The number of fused-ring (bicyclic) bond motifs is 1. The summed E-state index contributed by atoms with van der Waals surface area (Å²) >= 11 is 5.59. The first kappa shape index (κ1) is 14.5. The number of benzene rings is 2. The van der Waals surface area contributed by atoms with E-state index in [9.17, 15) is 4.79 Å². The normalized spacial score (nSPS) is 10.8. The van der Waals surface area contributed by atoms with Gasteiger partial charge in [-0.2, -0.15) is 0 Å². The van der Waals surface area contributed by atoms with E-state index in [0.717, 1.165) is 30.6 Å². The molecule has 0 fully saturated rings. The molecule has 21 heavy (non-hydrogen) atoms. The largest absolute Gasteiger partial charge is 0.342 e. The molecule has 0 radical (unpaired) electrons. The first-order valence-electron chi connectivity index (χ1n) is 6.26. The van der Waals surface area contributed by atoms with Crippen molar-refractivity contribution in [3.8, 4) is 0 Å². The summed E-state index contributed by atoms with van der Waals surface area (Å²) in [5, 5.41) is 2.91. The van der Waals surface area contributed by atoms with Crippen LogP contribution < -0.4 is 5.32 Å². The molecule has 1 aromatic heterocycles. The fraction of sp³-hybridized carbons (Fsp3) is 0.0667. The monoisotopic (exact) mass is 455 g/mol. The van der Waals surface area contributed by atoms with Crippen LogP contribution in [0.1, 0.15) is 16.2 Å². The minimum absolute atomic E-state index is 0.143. The molecule has 1 amide bonds. The second-order valence-electron chi connectivity index (χ2n) is 4.63. The molecule has 0 spiro atoms. The van der Waals surface area contributed by atoms with E-state index in [2.05, 4.69) is 53.8 Å². The van der Waals surface area contributed by atoms with Crippen LogP contribution in [0.5, 0.6) is 0 Å². The van der Waals surface area contributed by atoms with E-state index in [1.54, 1.807) is 0 Å². The van der Waals surface area contributed by atoms with E-state index < -0.39 is 0 Å². The van der Waals surface area contributed by atoms with Crippen LogP contribution in [0.3, 0.4) is 0 Å². The van der Waals surface area contributed by atoms with Crippen molar-refractivity contribution in [2.75, 3.05) is 5.32 Å². The average molecular weight is 456 g/mol. The average Bonchev–Trinajstić information content (AvgIpc) is 2.80. The summed E-state index contributed by atoms with van der Waals surface area (Å²) in [5.74, 6) is 0.713. The maximum Gasteiger partial charge on any atom is 0.256 e. The molecule has 4 nitrogen and oxygen atoms in total. The Bertz CT molecular complexity index is 844. The van der Waals surface area contributed by atoms with Gasteiger partial charge >= 0.3 is 0 Å². The zero-order valence-corrected chi connectivity index (χ0v) is 14.8. The molecule has 0 saturated carbocycles. The standard InChI is InChI=1S/C15H11BrIN3O/c1-8-18-13-5-3-10(7-14(13)19-8)20-15(21)11-6-9(17)2-4-12(11)16/h2-7H,1H3,(H,18,19)(H,20,21). The molecule has 3 aromatic rings. The number of H-pyrrole nitrogens is 1. The highest BCUT2D eigenvalue weighted by molar-refractivity contribution is 14.1. The number of aromatic nitrogens is 2. The topological polar surface area (TPSA) is 57.8 Å². The Balaban J connectivity index is 1.90. The molecule has 1 heterocycles. The van der Waals surface area contributed by atoms with Gasteiger partial charge < -0.3 is 10.3 Å². The lowest BCUT2D eigenvalue weighted by molar-refractivity contribution is 0.102. The van der Waals surface area contributed by atoms with Crippen LogP contribution in [0.4, 0.5) is 5.69 Å². The Labute approximate surface area is 143 Å². The Hall–Kier alpha value is -1.41. The number of imidazole rings is 1. The molecule has 0 atom stereocenters. The number of carbonyl (C=O) groups excluding carboxylic acids is 1. The molecular formula is C15H11BrIN3O. The molecule has 3 rings (SSSR count). The molecule has 106 valence electrons. The fourth-order valence-electron chi connectivity index (χ4n) is 2.08. The van der Waals surface area contributed by atoms with Crippen LogP contribution >= 0.6 is 38.5 Å². The van der Waals surface area contributed by atoms with Gasteiger partial charge in [-0.15, -0.1) is 0 Å². The Kier molecular flexibility index (Phi) is 3.99. The SMILES string of the molecule is Cc1nc2ccc(NC(=O)c3cc(I)ccc3Br)cc2[nH]1. The van der Waals surface area contributed by atoms with Crippen molar-refractivity contribution < 1.29 is 4.79 Å². The second-order valence-corrected chi connectivity index (χ2v) is 6.73. The van der Waals surface area contributed by atoms with Crippen LogP contribution in [-0.2, 0) is 0 Å². The predicted octanol–water partition coefficient (Wildman–Crippen LogP) is 4.49. The number of carbonyl (C=O) groups is 1. The minimum atomic E-state index is -0.143. The molecule has 0 aliphatic heterocycles. The summed E-state index contributed by atoms with van der Waals surface area (Å²) in [6.45, 7) is 1.90. The van der Waals surface area contributed by atoms with Crippen LogP contribution in [0.25, 0.3) is 11.0 Å². The highest BCUT2D eigenvalue weighted by Gasteiger charge is 2.11. The Morgan fingerprint density at radius 2 is 2.10 bits per heavy atom. The van der Waals surface area contributed by atoms with Crippen molar-refractivity contribution in [3.05, 3.63) is 55.8 Å². The first-order chi connectivity index (χ1) is 10.0. The van der Waals surface area contributed by atoms with Gasteiger partial charge in [0.1, 0.15) is 5.82 Å². The van der Waals surface area contributed by atoms with Crippen LogP contribution in [0.15, 0.2) is 40.9 Å². The van der Waals surface area contributed by atoms with Crippen molar-refractivity contribution in [1.29, 1.82) is 0 Å². The zero-order chi connectivity index (χ0) is 15.0. The third-order valence-electron chi connectivity index (χ3n) is 3.03. The number of aromatic amines is 1. The van der Waals surface area contributed by atoms with Gasteiger partial charge in [0.15, 0.2) is 0 Å². The van der Waals surface area contributed by atoms with E-state index in [-0.39, 0.29) is 5.91 Å². The van der Waals surface area contributed by atoms with Crippen LogP contribution in [0, 0.1) is 10.5 Å². The predicted molar refractivity (Wildman–Crippen MR) is 95.6 cm³/mol. The quantitative estimate of drug-likeness (QED) is 0.559. The smallest absolute Gasteiger partial charge is 0.256 e. The number of nitrogens with zero attached hydrogens (tertiary/aromatic N) is 1. The van der Waals surface area contributed by atoms with Crippen molar-refractivity contribution in [3.63, 3.8) is 0 Å². The number of nitrogens with one attached hydrogen (secondary N) is 2. The maximum absolute atomic E-state index is 12.4. The van der Waals surface area contributed by atoms with Gasteiger partial charge in [-0.25, -0.2) is 4.98 Å². The van der Waals surface area contributed by atoms with Crippen molar-refractivity contribution in [2.24, 2.45) is 0 Å². The van der Waals surface area contributed by atoms with E-state index in [0.29, 0.717) is 5.56 Å². The van der Waals surface area contributed by atoms with Gasteiger partial charge in [-0.1, -0.05) is 0 Å². The van der Waals surface area contributed by atoms with E-state index >= 15 is 0 Å². The lowest BCUT2D eigenvalue weighted by Crippen LogP contribution is -2.12. The van der Waals surface area contributed by atoms with Crippen molar-refractivity contribution in [1.82, 2.24) is 9.97 Å². The third-order valence-corrected chi connectivity index (χ3v) is 4.39. The molecule has 0 aliphatic rings. The van der Waals surface area contributed by atoms with Gasteiger partial charge in [0.05, 0.1) is 16.6 Å². The van der Waals surface area contributed by atoms with E-state index in [1.165, 1.54) is 0 Å². The van der Waals surface area contributed by atoms with Crippen LogP contribution in [-0.4, -0.2) is 15.9 Å². The van der Waals surface area contributed by atoms with Crippen molar-refractivity contribution >= 4 is 61.1 Å². The highest BCUT2D eigenvalue weighted by atomic mass is 127. The fourth-order valence-corrected chi connectivity index (χ4v) is 3.00. The second kappa shape index (κ2) is 5.76. The summed E-state index contributed by atoms with van der Waals surface area (Å²) in [7, 11) is 0. The highest BCUT2D eigenvalue weighted by Crippen LogP contribution is 2.22. The molecule has 0 bridgehead atoms. The third kappa shape index (κ3) is 3.11. The summed E-state index contributed by atoms with van der Waals surface area (Å²) < 4.78 is 1.79. The lowest BCUT2D eigenvalue weighted by Gasteiger charge is -2.07. The summed E-state index contributed by atoms with van der Waals surface area (Å²) in [4.78, 5) is 19.9. The summed E-state index contributed by atoms with van der Waals surface area (Å²) in [6.07, 6.45) is 0. The first-order valence-corrected chi connectivity index (χ1v) is 8.13. The Morgan fingerprint density at radius 1 is 1.29 bits per heavy atom. The van der Waals surface area contributed by atoms with Gasteiger partial charge in [-0.05, 0) is 81.8 Å². The number of rotatable bonds is 2. The zero-order valence-electron chi connectivity index (χ0n) is 11.1. The molecule has 2 aromatic carbocycles. The molecule has 2 N–H and O–H groups in total.